The van der Waals surface area contributed by atoms with Crippen molar-refractivity contribution in [3.63, 3.8) is 0 Å². The molecule has 96 valence electrons. The fraction of sp³-hybridized carbons (Fsp3) is 0.692. The van der Waals surface area contributed by atoms with Gasteiger partial charge in [-0.15, -0.1) is 11.8 Å². The van der Waals surface area contributed by atoms with Crippen LogP contribution < -0.4 is 5.32 Å². The molecule has 2 unspecified atom stereocenters. The van der Waals surface area contributed by atoms with Crippen molar-refractivity contribution in [2.24, 2.45) is 5.92 Å². The number of rotatable bonds is 6. The largest absolute Gasteiger partial charge is 0.468 e. The highest BCUT2D eigenvalue weighted by atomic mass is 32.2. The Bertz CT molecular complexity index is 334. The van der Waals surface area contributed by atoms with Crippen LogP contribution in [0.3, 0.4) is 0 Å². The molecule has 0 aromatic carbocycles. The lowest BCUT2D eigenvalue weighted by molar-refractivity contribution is 0.179. The van der Waals surface area contributed by atoms with E-state index in [9.17, 15) is 0 Å². The zero-order valence-corrected chi connectivity index (χ0v) is 11.4. The standard InChI is InChI=1S/C13H21NO2S/c1-3-14-12(11-4-6-15-8-11)9-17-13-5-7-16-10(13)2/h5,7,11-12,14H,3-4,6,8-9H2,1-2H3. The van der Waals surface area contributed by atoms with Crippen molar-refractivity contribution >= 4 is 11.8 Å². The van der Waals surface area contributed by atoms with Gasteiger partial charge < -0.3 is 14.5 Å². The van der Waals surface area contributed by atoms with Crippen molar-refractivity contribution in [1.29, 1.82) is 0 Å². The number of hydrogen-bond acceptors (Lipinski definition) is 4. The van der Waals surface area contributed by atoms with Crippen molar-refractivity contribution in [2.75, 3.05) is 25.5 Å². The van der Waals surface area contributed by atoms with Crippen molar-refractivity contribution in [3.05, 3.63) is 18.1 Å². The van der Waals surface area contributed by atoms with Crippen LogP contribution >= 0.6 is 11.8 Å². The third-order valence-electron chi connectivity index (χ3n) is 3.23. The predicted molar refractivity (Wildman–Crippen MR) is 70.6 cm³/mol. The molecule has 1 aromatic heterocycles. The lowest BCUT2D eigenvalue weighted by Gasteiger charge is -2.22. The summed E-state index contributed by atoms with van der Waals surface area (Å²) in [6.45, 7) is 7.02. The first kappa shape index (κ1) is 13.0. The van der Waals surface area contributed by atoms with E-state index in [1.165, 1.54) is 11.3 Å². The average Bonchev–Trinajstić information content (AvgIpc) is 2.96. The highest BCUT2D eigenvalue weighted by Crippen LogP contribution is 2.27. The molecule has 0 radical (unpaired) electrons. The van der Waals surface area contributed by atoms with Gasteiger partial charge >= 0.3 is 0 Å². The van der Waals surface area contributed by atoms with Gasteiger partial charge in [-0.05, 0) is 26.0 Å². The molecule has 2 heterocycles. The van der Waals surface area contributed by atoms with E-state index in [1.807, 2.05) is 24.8 Å². The molecule has 4 heteroatoms. The van der Waals surface area contributed by atoms with Gasteiger partial charge in [0.1, 0.15) is 5.76 Å². The fourth-order valence-electron chi connectivity index (χ4n) is 2.20. The van der Waals surface area contributed by atoms with E-state index in [-0.39, 0.29) is 0 Å². The Morgan fingerprint density at radius 1 is 1.59 bits per heavy atom. The molecule has 1 aliphatic heterocycles. The molecule has 0 saturated carbocycles. The van der Waals surface area contributed by atoms with Crippen LogP contribution in [0.2, 0.25) is 0 Å². The van der Waals surface area contributed by atoms with Crippen molar-refractivity contribution < 1.29 is 9.15 Å². The Labute approximate surface area is 107 Å². The topological polar surface area (TPSA) is 34.4 Å². The van der Waals surface area contributed by atoms with E-state index in [4.69, 9.17) is 9.15 Å². The Kier molecular flexibility index (Phi) is 4.95. The van der Waals surface area contributed by atoms with Crippen LogP contribution in [-0.4, -0.2) is 31.6 Å². The van der Waals surface area contributed by atoms with Gasteiger partial charge in [0.25, 0.3) is 0 Å². The van der Waals surface area contributed by atoms with Gasteiger partial charge in [0.15, 0.2) is 0 Å². The molecule has 3 nitrogen and oxygen atoms in total. The molecule has 0 amide bonds. The second-order valence-corrected chi connectivity index (χ2v) is 5.50. The molecule has 1 fully saturated rings. The first-order valence-electron chi connectivity index (χ1n) is 6.29. The number of aryl methyl sites for hydroxylation is 1. The zero-order valence-electron chi connectivity index (χ0n) is 10.6. The highest BCUT2D eigenvalue weighted by Gasteiger charge is 2.25. The summed E-state index contributed by atoms with van der Waals surface area (Å²) in [6.07, 6.45) is 2.95. The highest BCUT2D eigenvalue weighted by molar-refractivity contribution is 7.99. The maximum Gasteiger partial charge on any atom is 0.114 e. The predicted octanol–water partition coefficient (Wildman–Crippen LogP) is 2.69. The van der Waals surface area contributed by atoms with Gasteiger partial charge in [0.2, 0.25) is 0 Å². The van der Waals surface area contributed by atoms with Crippen molar-refractivity contribution in [3.8, 4) is 0 Å². The van der Waals surface area contributed by atoms with Gasteiger partial charge in [-0.2, -0.15) is 0 Å². The Hall–Kier alpha value is -0.450. The summed E-state index contributed by atoms with van der Waals surface area (Å²) < 4.78 is 10.8. The Morgan fingerprint density at radius 2 is 2.47 bits per heavy atom. The molecule has 0 spiro atoms. The maximum atomic E-state index is 5.48. The number of thioether (sulfide) groups is 1. The molecular weight excluding hydrogens is 234 g/mol. The van der Waals surface area contributed by atoms with E-state index in [1.54, 1.807) is 6.26 Å². The maximum absolute atomic E-state index is 5.48. The van der Waals surface area contributed by atoms with E-state index >= 15 is 0 Å². The number of ether oxygens (including phenoxy) is 1. The molecule has 1 saturated heterocycles. The fourth-order valence-corrected chi connectivity index (χ4v) is 3.35. The minimum Gasteiger partial charge on any atom is -0.468 e. The van der Waals surface area contributed by atoms with Crippen LogP contribution in [-0.2, 0) is 4.74 Å². The summed E-state index contributed by atoms with van der Waals surface area (Å²) in [4.78, 5) is 1.26. The molecular formula is C13H21NO2S. The summed E-state index contributed by atoms with van der Waals surface area (Å²) in [6, 6.07) is 2.59. The summed E-state index contributed by atoms with van der Waals surface area (Å²) in [5.41, 5.74) is 0. The van der Waals surface area contributed by atoms with Gasteiger partial charge in [-0.25, -0.2) is 0 Å². The number of furan rings is 1. The number of hydrogen-bond donors (Lipinski definition) is 1. The first-order chi connectivity index (χ1) is 8.31. The lowest BCUT2D eigenvalue weighted by atomic mass is 10.0. The van der Waals surface area contributed by atoms with Crippen molar-refractivity contribution in [1.82, 2.24) is 5.32 Å². The average molecular weight is 255 g/mol. The third-order valence-corrected chi connectivity index (χ3v) is 4.49. The third kappa shape index (κ3) is 3.50. The van der Waals surface area contributed by atoms with Crippen molar-refractivity contribution in [2.45, 2.75) is 31.2 Å². The van der Waals surface area contributed by atoms with E-state index in [2.05, 4.69) is 12.2 Å². The first-order valence-corrected chi connectivity index (χ1v) is 7.27. The summed E-state index contributed by atoms with van der Waals surface area (Å²) >= 11 is 1.88. The summed E-state index contributed by atoms with van der Waals surface area (Å²) in [5, 5.41) is 3.58. The Balaban J connectivity index is 1.86. The zero-order chi connectivity index (χ0) is 12.1. The molecule has 1 aliphatic rings. The monoisotopic (exact) mass is 255 g/mol. The quantitative estimate of drug-likeness (QED) is 0.793. The molecule has 2 atom stereocenters. The molecule has 1 aromatic rings. The second kappa shape index (κ2) is 6.47. The Morgan fingerprint density at radius 3 is 3.06 bits per heavy atom. The molecule has 1 N–H and O–H groups in total. The van der Waals surface area contributed by atoms with Crippen LogP contribution in [0.5, 0.6) is 0 Å². The molecule has 2 rings (SSSR count). The molecule has 0 bridgehead atoms. The lowest BCUT2D eigenvalue weighted by Crippen LogP contribution is -2.38. The minimum atomic E-state index is 0.543. The van der Waals surface area contributed by atoms with E-state index < -0.39 is 0 Å². The number of nitrogens with one attached hydrogen (secondary N) is 1. The summed E-state index contributed by atoms with van der Waals surface area (Å²) in [5.74, 6) is 2.77. The second-order valence-electron chi connectivity index (χ2n) is 4.44. The normalized spacial score (nSPS) is 21.9. The van der Waals surface area contributed by atoms with Crippen LogP contribution in [0.25, 0.3) is 0 Å². The SMILES string of the molecule is CCNC(CSc1ccoc1C)C1CCOC1. The van der Waals surface area contributed by atoms with Gasteiger partial charge in [0, 0.05) is 29.2 Å². The van der Waals surface area contributed by atoms with Crippen LogP contribution in [0.1, 0.15) is 19.1 Å². The van der Waals surface area contributed by atoms with Gasteiger partial charge in [-0.1, -0.05) is 6.92 Å². The molecule has 17 heavy (non-hydrogen) atoms. The van der Waals surface area contributed by atoms with E-state index in [0.29, 0.717) is 12.0 Å². The van der Waals surface area contributed by atoms with Crippen LogP contribution in [0.4, 0.5) is 0 Å². The van der Waals surface area contributed by atoms with E-state index in [0.717, 1.165) is 31.3 Å². The van der Waals surface area contributed by atoms with Gasteiger partial charge in [0.05, 0.1) is 12.9 Å². The molecule has 0 aliphatic carbocycles. The minimum absolute atomic E-state index is 0.543. The van der Waals surface area contributed by atoms with Gasteiger partial charge in [-0.3, -0.25) is 0 Å². The smallest absolute Gasteiger partial charge is 0.114 e. The van der Waals surface area contributed by atoms with Crippen LogP contribution in [0.15, 0.2) is 21.6 Å². The summed E-state index contributed by atoms with van der Waals surface area (Å²) in [7, 11) is 0. The van der Waals surface area contributed by atoms with Crippen LogP contribution in [0, 0.1) is 12.8 Å².